The van der Waals surface area contributed by atoms with Gasteiger partial charge in [-0.1, -0.05) is 6.92 Å². The smallest absolute Gasteiger partial charge is 0.309 e. The SMILES string of the molecule is CC(=O)C1CC(C)C(=O)O1. The average molecular weight is 142 g/mol. The van der Waals surface area contributed by atoms with Gasteiger partial charge in [-0.15, -0.1) is 0 Å². The molecule has 0 amide bonds. The number of Topliss-reactive ketones (excluding diaryl/α,β-unsaturated/α-hetero) is 1. The van der Waals surface area contributed by atoms with Crippen LogP contribution in [0.2, 0.25) is 0 Å². The van der Waals surface area contributed by atoms with Crippen molar-refractivity contribution in [3.63, 3.8) is 0 Å². The molecule has 3 heteroatoms. The van der Waals surface area contributed by atoms with Gasteiger partial charge in [0.05, 0.1) is 5.92 Å². The third-order valence-corrected chi connectivity index (χ3v) is 1.68. The van der Waals surface area contributed by atoms with Crippen LogP contribution in [-0.4, -0.2) is 17.9 Å². The minimum Gasteiger partial charge on any atom is -0.454 e. The standard InChI is InChI=1S/C7H10O3/c1-4-3-6(5(2)8)10-7(4)9/h4,6H,3H2,1-2H3. The number of esters is 1. The molecule has 0 N–H and O–H groups in total. The van der Waals surface area contributed by atoms with Crippen LogP contribution < -0.4 is 0 Å². The van der Waals surface area contributed by atoms with Crippen molar-refractivity contribution in [2.45, 2.75) is 26.4 Å². The van der Waals surface area contributed by atoms with Gasteiger partial charge in [-0.2, -0.15) is 0 Å². The van der Waals surface area contributed by atoms with E-state index in [-0.39, 0.29) is 17.7 Å². The minimum atomic E-state index is -0.470. The summed E-state index contributed by atoms with van der Waals surface area (Å²) in [5.41, 5.74) is 0. The molecule has 2 atom stereocenters. The zero-order valence-corrected chi connectivity index (χ0v) is 6.09. The lowest BCUT2D eigenvalue weighted by molar-refractivity contribution is -0.148. The minimum absolute atomic E-state index is 0.0577. The number of hydrogen-bond donors (Lipinski definition) is 0. The van der Waals surface area contributed by atoms with Crippen molar-refractivity contribution >= 4 is 11.8 Å². The van der Waals surface area contributed by atoms with Crippen molar-refractivity contribution in [3.8, 4) is 0 Å². The Kier molecular flexibility index (Phi) is 1.74. The molecule has 1 aliphatic heterocycles. The third-order valence-electron chi connectivity index (χ3n) is 1.68. The highest BCUT2D eigenvalue weighted by molar-refractivity contribution is 5.87. The molecule has 1 heterocycles. The van der Waals surface area contributed by atoms with E-state index in [0.29, 0.717) is 6.42 Å². The average Bonchev–Trinajstić information content (AvgIpc) is 2.13. The maximum Gasteiger partial charge on any atom is 0.309 e. The summed E-state index contributed by atoms with van der Waals surface area (Å²) in [5.74, 6) is -0.410. The molecule has 0 spiro atoms. The van der Waals surface area contributed by atoms with Crippen molar-refractivity contribution < 1.29 is 14.3 Å². The normalized spacial score (nSPS) is 32.0. The van der Waals surface area contributed by atoms with Gasteiger partial charge in [0.2, 0.25) is 0 Å². The highest BCUT2D eigenvalue weighted by atomic mass is 16.6. The van der Waals surface area contributed by atoms with Crippen LogP contribution in [-0.2, 0) is 14.3 Å². The summed E-state index contributed by atoms with van der Waals surface area (Å²) in [5, 5.41) is 0. The largest absolute Gasteiger partial charge is 0.454 e. The first kappa shape index (κ1) is 7.25. The molecule has 3 nitrogen and oxygen atoms in total. The molecule has 0 bridgehead atoms. The zero-order valence-electron chi connectivity index (χ0n) is 6.09. The Hall–Kier alpha value is -0.860. The molecule has 0 aromatic carbocycles. The Bertz CT molecular complexity index is 174. The molecular formula is C7H10O3. The van der Waals surface area contributed by atoms with Crippen molar-refractivity contribution in [1.82, 2.24) is 0 Å². The maximum atomic E-state index is 10.7. The van der Waals surface area contributed by atoms with Crippen LogP contribution in [0.1, 0.15) is 20.3 Å². The predicted octanol–water partition coefficient (Wildman–Crippen LogP) is 0.527. The van der Waals surface area contributed by atoms with Gasteiger partial charge in [0.25, 0.3) is 0 Å². The van der Waals surface area contributed by atoms with Gasteiger partial charge in [0, 0.05) is 6.42 Å². The number of hydrogen-bond acceptors (Lipinski definition) is 3. The quantitative estimate of drug-likeness (QED) is 0.501. The second kappa shape index (κ2) is 2.40. The monoisotopic (exact) mass is 142 g/mol. The third kappa shape index (κ3) is 1.17. The van der Waals surface area contributed by atoms with Crippen molar-refractivity contribution in [1.29, 1.82) is 0 Å². The van der Waals surface area contributed by atoms with E-state index in [0.717, 1.165) is 0 Å². The van der Waals surface area contributed by atoms with Crippen molar-refractivity contribution in [3.05, 3.63) is 0 Å². The van der Waals surface area contributed by atoms with Crippen LogP contribution in [0, 0.1) is 5.92 Å². The summed E-state index contributed by atoms with van der Waals surface area (Å²) < 4.78 is 4.75. The Labute approximate surface area is 59.4 Å². The second-order valence-corrected chi connectivity index (χ2v) is 2.67. The van der Waals surface area contributed by atoms with E-state index in [1.807, 2.05) is 0 Å². The molecule has 2 unspecified atom stereocenters. The molecule has 10 heavy (non-hydrogen) atoms. The number of ether oxygens (including phenoxy) is 1. The number of carbonyl (C=O) groups excluding carboxylic acids is 2. The zero-order chi connectivity index (χ0) is 7.72. The first-order valence-corrected chi connectivity index (χ1v) is 3.32. The molecule has 0 aliphatic carbocycles. The molecule has 56 valence electrons. The fraction of sp³-hybridized carbons (Fsp3) is 0.714. The van der Waals surface area contributed by atoms with Crippen LogP contribution in [0.15, 0.2) is 0 Å². The fourth-order valence-electron chi connectivity index (χ4n) is 0.971. The number of ketones is 1. The fourth-order valence-corrected chi connectivity index (χ4v) is 0.971. The lowest BCUT2D eigenvalue weighted by Crippen LogP contribution is -2.16. The van der Waals surface area contributed by atoms with Gasteiger partial charge < -0.3 is 4.74 Å². The first-order chi connectivity index (χ1) is 4.61. The van der Waals surface area contributed by atoms with Crippen LogP contribution >= 0.6 is 0 Å². The van der Waals surface area contributed by atoms with Crippen molar-refractivity contribution in [2.75, 3.05) is 0 Å². The van der Waals surface area contributed by atoms with Gasteiger partial charge in [-0.25, -0.2) is 0 Å². The van der Waals surface area contributed by atoms with Crippen LogP contribution in [0.25, 0.3) is 0 Å². The van der Waals surface area contributed by atoms with E-state index in [1.165, 1.54) is 6.92 Å². The van der Waals surface area contributed by atoms with Crippen molar-refractivity contribution in [2.24, 2.45) is 5.92 Å². The molecule has 0 aromatic rings. The Morgan fingerprint density at radius 1 is 1.70 bits per heavy atom. The molecular weight excluding hydrogens is 132 g/mol. The van der Waals surface area contributed by atoms with E-state index in [9.17, 15) is 9.59 Å². The molecule has 0 aromatic heterocycles. The summed E-state index contributed by atoms with van der Waals surface area (Å²) in [6.07, 6.45) is 0.0799. The topological polar surface area (TPSA) is 43.4 Å². The highest BCUT2D eigenvalue weighted by Crippen LogP contribution is 2.20. The molecule has 1 fully saturated rings. The summed E-state index contributed by atoms with van der Waals surface area (Å²) in [6.45, 7) is 3.21. The van der Waals surface area contributed by atoms with E-state index in [4.69, 9.17) is 4.74 Å². The van der Waals surface area contributed by atoms with E-state index in [1.54, 1.807) is 6.92 Å². The second-order valence-electron chi connectivity index (χ2n) is 2.67. The van der Waals surface area contributed by atoms with Crippen LogP contribution in [0.5, 0.6) is 0 Å². The summed E-state index contributed by atoms with van der Waals surface area (Å²) in [7, 11) is 0. The van der Waals surface area contributed by atoms with E-state index in [2.05, 4.69) is 0 Å². The van der Waals surface area contributed by atoms with Gasteiger partial charge in [0.15, 0.2) is 11.9 Å². The van der Waals surface area contributed by atoms with Gasteiger partial charge >= 0.3 is 5.97 Å². The lowest BCUT2D eigenvalue weighted by atomic mass is 10.1. The Morgan fingerprint density at radius 2 is 2.30 bits per heavy atom. The van der Waals surface area contributed by atoms with Gasteiger partial charge in [-0.05, 0) is 6.92 Å². The highest BCUT2D eigenvalue weighted by Gasteiger charge is 2.33. The molecule has 1 saturated heterocycles. The van der Waals surface area contributed by atoms with E-state index >= 15 is 0 Å². The maximum absolute atomic E-state index is 10.7. The van der Waals surface area contributed by atoms with Gasteiger partial charge in [0.1, 0.15) is 0 Å². The Morgan fingerprint density at radius 3 is 2.50 bits per heavy atom. The predicted molar refractivity (Wildman–Crippen MR) is 34.3 cm³/mol. The summed E-state index contributed by atoms with van der Waals surface area (Å²) in [4.78, 5) is 21.4. The molecule has 0 saturated carbocycles. The molecule has 0 radical (unpaired) electrons. The molecule has 1 rings (SSSR count). The Balaban J connectivity index is 2.57. The number of carbonyl (C=O) groups is 2. The van der Waals surface area contributed by atoms with E-state index < -0.39 is 6.10 Å². The van der Waals surface area contributed by atoms with Gasteiger partial charge in [-0.3, -0.25) is 9.59 Å². The van der Waals surface area contributed by atoms with Crippen LogP contribution in [0.3, 0.4) is 0 Å². The first-order valence-electron chi connectivity index (χ1n) is 3.32. The lowest BCUT2D eigenvalue weighted by Gasteiger charge is -2.01. The summed E-state index contributed by atoms with van der Waals surface area (Å²) >= 11 is 0. The number of rotatable bonds is 1. The van der Waals surface area contributed by atoms with Crippen LogP contribution in [0.4, 0.5) is 0 Å². The molecule has 1 aliphatic rings. The summed E-state index contributed by atoms with van der Waals surface area (Å²) in [6, 6.07) is 0. The number of cyclic esters (lactones) is 1.